The first kappa shape index (κ1) is 18.5. The van der Waals surface area contributed by atoms with Crippen molar-refractivity contribution in [3.63, 3.8) is 0 Å². The molecule has 0 saturated heterocycles. The largest absolute Gasteiger partial charge is 0.459 e. The maximum Gasteiger partial charge on any atom is 0.329 e. The fraction of sp³-hybridized carbons (Fsp3) is 0.235. The molecule has 0 aliphatic rings. The molecule has 25 heavy (non-hydrogen) atoms. The first-order valence-electron chi connectivity index (χ1n) is 7.48. The highest BCUT2D eigenvalue weighted by Gasteiger charge is 2.24. The highest BCUT2D eigenvalue weighted by molar-refractivity contribution is 6.30. The molecule has 2 N–H and O–H groups in total. The number of carbonyl (C=O) groups excluding carboxylic acids is 3. The zero-order chi connectivity index (χ0) is 18.4. The van der Waals surface area contributed by atoms with Crippen molar-refractivity contribution < 1.29 is 23.5 Å². The standard InChI is InChI=1S/C17H17ClN2O5/c1-10(19-16(22)14-4-3-9-24-14)17(23)25-11(2)15(21)20-13-7-5-12(18)6-8-13/h3-11H,1-2H3,(H,19,22)(H,20,21)/t10-,11-/m0/s1. The number of carbonyl (C=O) groups is 3. The Morgan fingerprint density at radius 3 is 2.40 bits per heavy atom. The van der Waals surface area contributed by atoms with E-state index in [2.05, 4.69) is 10.6 Å². The lowest BCUT2D eigenvalue weighted by Gasteiger charge is -2.17. The fourth-order valence-electron chi connectivity index (χ4n) is 1.84. The van der Waals surface area contributed by atoms with E-state index >= 15 is 0 Å². The van der Waals surface area contributed by atoms with Crippen molar-refractivity contribution in [2.24, 2.45) is 0 Å². The van der Waals surface area contributed by atoms with Crippen molar-refractivity contribution in [1.82, 2.24) is 5.32 Å². The minimum atomic E-state index is -1.04. The SMILES string of the molecule is C[C@H](NC(=O)c1ccco1)C(=O)O[C@@H](C)C(=O)Nc1ccc(Cl)cc1. The molecule has 0 unspecified atom stereocenters. The molecule has 7 nitrogen and oxygen atoms in total. The van der Waals surface area contributed by atoms with Crippen molar-refractivity contribution in [3.05, 3.63) is 53.4 Å². The third kappa shape index (κ3) is 5.36. The quantitative estimate of drug-likeness (QED) is 0.768. The second-order valence-electron chi connectivity index (χ2n) is 5.25. The van der Waals surface area contributed by atoms with Crippen molar-refractivity contribution in [1.29, 1.82) is 0 Å². The van der Waals surface area contributed by atoms with Crippen LogP contribution in [0.3, 0.4) is 0 Å². The Balaban J connectivity index is 1.84. The Bertz CT molecular complexity index is 743. The molecule has 1 heterocycles. The van der Waals surface area contributed by atoms with E-state index in [1.54, 1.807) is 30.3 Å². The van der Waals surface area contributed by atoms with Gasteiger partial charge in [0, 0.05) is 10.7 Å². The molecule has 0 aliphatic carbocycles. The van der Waals surface area contributed by atoms with Gasteiger partial charge in [-0.25, -0.2) is 4.79 Å². The van der Waals surface area contributed by atoms with Crippen LogP contribution in [-0.4, -0.2) is 29.9 Å². The van der Waals surface area contributed by atoms with Gasteiger partial charge in [-0.15, -0.1) is 0 Å². The van der Waals surface area contributed by atoms with Crippen LogP contribution in [0.4, 0.5) is 5.69 Å². The maximum absolute atomic E-state index is 12.0. The van der Waals surface area contributed by atoms with Gasteiger partial charge >= 0.3 is 5.97 Å². The Labute approximate surface area is 149 Å². The van der Waals surface area contributed by atoms with Gasteiger partial charge < -0.3 is 19.8 Å². The van der Waals surface area contributed by atoms with E-state index in [9.17, 15) is 14.4 Å². The molecule has 2 rings (SSSR count). The van der Waals surface area contributed by atoms with Crippen LogP contribution >= 0.6 is 11.6 Å². The van der Waals surface area contributed by atoms with Gasteiger partial charge in [-0.2, -0.15) is 0 Å². The van der Waals surface area contributed by atoms with Crippen LogP contribution < -0.4 is 10.6 Å². The molecular weight excluding hydrogens is 348 g/mol. The summed E-state index contributed by atoms with van der Waals surface area (Å²) in [5, 5.41) is 5.57. The van der Waals surface area contributed by atoms with E-state index < -0.39 is 29.9 Å². The first-order chi connectivity index (χ1) is 11.9. The van der Waals surface area contributed by atoms with Crippen LogP contribution in [-0.2, 0) is 14.3 Å². The summed E-state index contributed by atoms with van der Waals surface area (Å²) in [6, 6.07) is 8.59. The van der Waals surface area contributed by atoms with E-state index in [0.717, 1.165) is 0 Å². The molecule has 0 spiro atoms. The summed E-state index contributed by atoms with van der Waals surface area (Å²) in [6.45, 7) is 2.89. The molecule has 0 radical (unpaired) electrons. The van der Waals surface area contributed by atoms with Gasteiger partial charge in [0.1, 0.15) is 6.04 Å². The van der Waals surface area contributed by atoms with Gasteiger partial charge in [0.2, 0.25) is 0 Å². The third-order valence-corrected chi connectivity index (χ3v) is 3.47. The van der Waals surface area contributed by atoms with E-state index in [1.165, 1.54) is 26.2 Å². The number of ether oxygens (including phenoxy) is 1. The molecule has 1 aromatic carbocycles. The van der Waals surface area contributed by atoms with Gasteiger partial charge in [-0.1, -0.05) is 11.6 Å². The smallest absolute Gasteiger partial charge is 0.329 e. The monoisotopic (exact) mass is 364 g/mol. The Morgan fingerprint density at radius 2 is 1.80 bits per heavy atom. The molecule has 2 amide bonds. The van der Waals surface area contributed by atoms with E-state index in [0.29, 0.717) is 10.7 Å². The summed E-state index contributed by atoms with van der Waals surface area (Å²) in [5.41, 5.74) is 0.525. The summed E-state index contributed by atoms with van der Waals surface area (Å²) in [4.78, 5) is 35.8. The molecule has 0 bridgehead atoms. The lowest BCUT2D eigenvalue weighted by atomic mass is 10.3. The zero-order valence-corrected chi connectivity index (χ0v) is 14.4. The van der Waals surface area contributed by atoms with E-state index in [-0.39, 0.29) is 5.76 Å². The minimum Gasteiger partial charge on any atom is -0.459 e. The zero-order valence-electron chi connectivity index (χ0n) is 13.6. The number of nitrogens with one attached hydrogen (secondary N) is 2. The molecule has 0 saturated carbocycles. The Hall–Kier alpha value is -2.80. The van der Waals surface area contributed by atoms with Crippen molar-refractivity contribution >= 4 is 35.1 Å². The number of anilines is 1. The lowest BCUT2D eigenvalue weighted by Crippen LogP contribution is -2.42. The fourth-order valence-corrected chi connectivity index (χ4v) is 1.97. The van der Waals surface area contributed by atoms with Gasteiger partial charge in [0.25, 0.3) is 11.8 Å². The van der Waals surface area contributed by atoms with Crippen LogP contribution in [0.15, 0.2) is 47.1 Å². The molecule has 0 aliphatic heterocycles. The highest BCUT2D eigenvalue weighted by Crippen LogP contribution is 2.14. The summed E-state index contributed by atoms with van der Waals surface area (Å²) in [6.07, 6.45) is 0.312. The predicted molar refractivity (Wildman–Crippen MR) is 91.3 cm³/mol. The molecule has 2 aromatic rings. The number of benzene rings is 1. The van der Waals surface area contributed by atoms with Gasteiger partial charge in [-0.3, -0.25) is 9.59 Å². The number of esters is 1. The summed E-state index contributed by atoms with van der Waals surface area (Å²) < 4.78 is 10.00. The number of furan rings is 1. The number of amides is 2. The van der Waals surface area contributed by atoms with E-state index in [1.807, 2.05) is 0 Å². The van der Waals surface area contributed by atoms with E-state index in [4.69, 9.17) is 20.8 Å². The maximum atomic E-state index is 12.0. The first-order valence-corrected chi connectivity index (χ1v) is 7.86. The lowest BCUT2D eigenvalue weighted by molar-refractivity contribution is -0.154. The minimum absolute atomic E-state index is 0.0770. The number of hydrogen-bond acceptors (Lipinski definition) is 5. The van der Waals surface area contributed by atoms with Crippen molar-refractivity contribution in [2.75, 3.05) is 5.32 Å². The topological polar surface area (TPSA) is 97.6 Å². The van der Waals surface area contributed by atoms with Crippen LogP contribution in [0.25, 0.3) is 0 Å². The number of rotatable bonds is 6. The van der Waals surface area contributed by atoms with Crippen LogP contribution in [0, 0.1) is 0 Å². The second-order valence-corrected chi connectivity index (χ2v) is 5.68. The Kier molecular flexibility index (Phi) is 6.19. The van der Waals surface area contributed by atoms with Gasteiger partial charge in [-0.05, 0) is 50.2 Å². The second kappa shape index (κ2) is 8.34. The predicted octanol–water partition coefficient (Wildman–Crippen LogP) is 2.62. The van der Waals surface area contributed by atoms with Crippen LogP contribution in [0.2, 0.25) is 5.02 Å². The number of hydrogen-bond donors (Lipinski definition) is 2. The number of halogens is 1. The molecule has 8 heteroatoms. The average Bonchev–Trinajstić information content (AvgIpc) is 3.11. The van der Waals surface area contributed by atoms with Gasteiger partial charge in [0.05, 0.1) is 6.26 Å². The average molecular weight is 365 g/mol. The highest BCUT2D eigenvalue weighted by atomic mass is 35.5. The van der Waals surface area contributed by atoms with Crippen molar-refractivity contribution in [3.8, 4) is 0 Å². The molecule has 132 valence electrons. The summed E-state index contributed by atoms with van der Waals surface area (Å²) >= 11 is 5.77. The summed E-state index contributed by atoms with van der Waals surface area (Å²) in [7, 11) is 0. The molecular formula is C17H17ClN2O5. The van der Waals surface area contributed by atoms with Gasteiger partial charge in [0.15, 0.2) is 11.9 Å². The Morgan fingerprint density at radius 1 is 1.12 bits per heavy atom. The van der Waals surface area contributed by atoms with Crippen LogP contribution in [0.5, 0.6) is 0 Å². The molecule has 0 fully saturated rings. The van der Waals surface area contributed by atoms with Crippen LogP contribution in [0.1, 0.15) is 24.4 Å². The normalized spacial score (nSPS) is 12.8. The molecule has 1 aromatic heterocycles. The summed E-state index contributed by atoms with van der Waals surface area (Å²) in [5.74, 6) is -1.71. The molecule has 2 atom stereocenters. The van der Waals surface area contributed by atoms with Crippen molar-refractivity contribution in [2.45, 2.75) is 26.0 Å². The third-order valence-electron chi connectivity index (χ3n) is 3.22.